The van der Waals surface area contributed by atoms with Crippen molar-refractivity contribution in [3.05, 3.63) is 34.4 Å². The zero-order chi connectivity index (χ0) is 18.4. The molecule has 1 fully saturated rings. The minimum Gasteiger partial charge on any atom is -0.438 e. The number of alkyl halides is 3. The van der Waals surface area contributed by atoms with Gasteiger partial charge in [-0.3, -0.25) is 10.1 Å². The second kappa shape index (κ2) is 6.33. The van der Waals surface area contributed by atoms with Crippen molar-refractivity contribution in [1.82, 2.24) is 10.2 Å². The maximum atomic E-state index is 12.8. The van der Waals surface area contributed by atoms with Crippen molar-refractivity contribution >= 4 is 11.9 Å². The van der Waals surface area contributed by atoms with Gasteiger partial charge in [0.05, 0.1) is 6.04 Å². The van der Waals surface area contributed by atoms with E-state index in [4.69, 9.17) is 0 Å². The van der Waals surface area contributed by atoms with E-state index < -0.39 is 24.4 Å². The van der Waals surface area contributed by atoms with E-state index in [1.54, 1.807) is 0 Å². The summed E-state index contributed by atoms with van der Waals surface area (Å²) in [5.41, 5.74) is 3.32. The van der Waals surface area contributed by atoms with Crippen LogP contribution in [0.4, 0.5) is 13.2 Å². The van der Waals surface area contributed by atoms with Crippen LogP contribution in [0.5, 0.6) is 0 Å². The normalized spacial score (nSPS) is 23.1. The molecule has 1 N–H and O–H groups in total. The molecule has 1 unspecified atom stereocenters. The lowest BCUT2D eigenvalue weighted by atomic mass is 9.87. The van der Waals surface area contributed by atoms with Gasteiger partial charge in [0.2, 0.25) is 0 Å². The SMILES string of the molecule is CCc1cc(C)c2c(c1)C[C@@H]1C(OC(=O)C(F)(F)F)NCCN1C2=O. The Morgan fingerprint density at radius 3 is 2.76 bits per heavy atom. The minimum atomic E-state index is -5.06. The van der Waals surface area contributed by atoms with Crippen LogP contribution in [0.1, 0.15) is 34.0 Å². The second-order valence-corrected chi connectivity index (χ2v) is 6.35. The maximum Gasteiger partial charge on any atom is 0.490 e. The first-order chi connectivity index (χ1) is 11.7. The van der Waals surface area contributed by atoms with Crippen LogP contribution in [-0.2, 0) is 22.4 Å². The Labute approximate surface area is 143 Å². The van der Waals surface area contributed by atoms with E-state index in [-0.39, 0.29) is 12.5 Å². The number of aryl methyl sites for hydroxylation is 2. The lowest BCUT2D eigenvalue weighted by molar-refractivity contribution is -0.210. The molecule has 2 atom stereocenters. The zero-order valence-electron chi connectivity index (χ0n) is 13.9. The third kappa shape index (κ3) is 3.22. The number of nitrogens with one attached hydrogen (secondary N) is 1. The Balaban J connectivity index is 1.92. The van der Waals surface area contributed by atoms with Gasteiger partial charge >= 0.3 is 12.1 Å². The van der Waals surface area contributed by atoms with Crippen LogP contribution in [0.15, 0.2) is 12.1 Å². The van der Waals surface area contributed by atoms with Gasteiger partial charge in [-0.25, -0.2) is 4.79 Å². The number of hydrogen-bond acceptors (Lipinski definition) is 4. The second-order valence-electron chi connectivity index (χ2n) is 6.35. The van der Waals surface area contributed by atoms with Crippen LogP contribution in [0.2, 0.25) is 0 Å². The van der Waals surface area contributed by atoms with Crippen LogP contribution in [-0.4, -0.2) is 48.3 Å². The number of ether oxygens (including phenoxy) is 1. The number of halogens is 3. The number of carbonyl (C=O) groups is 2. The van der Waals surface area contributed by atoms with Crippen LogP contribution in [0, 0.1) is 6.92 Å². The summed E-state index contributed by atoms with van der Waals surface area (Å²) in [5.74, 6) is -2.47. The van der Waals surface area contributed by atoms with E-state index in [0.717, 1.165) is 23.1 Å². The molecule has 25 heavy (non-hydrogen) atoms. The lowest BCUT2D eigenvalue weighted by Gasteiger charge is -2.44. The van der Waals surface area contributed by atoms with Gasteiger partial charge in [0.15, 0.2) is 6.23 Å². The van der Waals surface area contributed by atoms with E-state index >= 15 is 0 Å². The monoisotopic (exact) mass is 356 g/mol. The van der Waals surface area contributed by atoms with Gasteiger partial charge in [-0.2, -0.15) is 13.2 Å². The number of carbonyl (C=O) groups excluding carboxylic acids is 2. The molecular weight excluding hydrogens is 337 g/mol. The van der Waals surface area contributed by atoms with Crippen molar-refractivity contribution in [2.24, 2.45) is 0 Å². The molecule has 2 aliphatic rings. The number of esters is 1. The summed E-state index contributed by atoms with van der Waals surface area (Å²) in [6, 6.07) is 3.22. The number of fused-ring (bicyclic) bond motifs is 2. The standard InChI is InChI=1S/C17H19F3N2O3/c1-3-10-6-9(2)13-11(7-10)8-12-14(25-16(24)17(18,19)20)21-4-5-22(12)15(13)23/h6-7,12,14,21H,3-5,8H2,1-2H3/t12-,14?/m1/s1. The van der Waals surface area contributed by atoms with Crippen molar-refractivity contribution in [3.8, 4) is 0 Å². The average Bonchev–Trinajstić information content (AvgIpc) is 2.54. The summed E-state index contributed by atoms with van der Waals surface area (Å²) < 4.78 is 42.1. The molecule has 2 heterocycles. The lowest BCUT2D eigenvalue weighted by Crippen LogP contribution is -2.63. The molecule has 0 radical (unpaired) electrons. The van der Waals surface area contributed by atoms with Gasteiger partial charge in [-0.15, -0.1) is 0 Å². The number of piperazine rings is 1. The summed E-state index contributed by atoms with van der Waals surface area (Å²) in [4.78, 5) is 25.5. The third-order valence-electron chi connectivity index (χ3n) is 4.70. The molecular formula is C17H19F3N2O3. The molecule has 1 aromatic rings. The van der Waals surface area contributed by atoms with E-state index in [2.05, 4.69) is 10.1 Å². The Morgan fingerprint density at radius 2 is 2.12 bits per heavy atom. The highest BCUT2D eigenvalue weighted by molar-refractivity contribution is 5.98. The molecule has 1 saturated heterocycles. The first-order valence-electron chi connectivity index (χ1n) is 8.17. The minimum absolute atomic E-state index is 0.221. The van der Waals surface area contributed by atoms with Gasteiger partial charge in [-0.1, -0.05) is 19.1 Å². The predicted octanol–water partition coefficient (Wildman–Crippen LogP) is 1.96. The number of nitrogens with zero attached hydrogens (tertiary/aromatic N) is 1. The molecule has 136 valence electrons. The zero-order valence-corrected chi connectivity index (χ0v) is 13.9. The van der Waals surface area contributed by atoms with E-state index in [1.807, 2.05) is 26.0 Å². The number of benzene rings is 1. The van der Waals surface area contributed by atoms with Gasteiger partial charge in [0.25, 0.3) is 5.91 Å². The molecule has 0 saturated carbocycles. The largest absolute Gasteiger partial charge is 0.490 e. The predicted molar refractivity (Wildman–Crippen MR) is 83.0 cm³/mol. The fraction of sp³-hybridized carbons (Fsp3) is 0.529. The summed E-state index contributed by atoms with van der Waals surface area (Å²) in [6.07, 6.45) is -5.10. The number of rotatable bonds is 2. The fourth-order valence-electron chi connectivity index (χ4n) is 3.55. The van der Waals surface area contributed by atoms with E-state index in [1.165, 1.54) is 4.90 Å². The summed E-state index contributed by atoms with van der Waals surface area (Å²) in [6.45, 7) is 4.48. The van der Waals surface area contributed by atoms with Crippen molar-refractivity contribution in [1.29, 1.82) is 0 Å². The summed E-state index contributed by atoms with van der Waals surface area (Å²) in [7, 11) is 0. The van der Waals surface area contributed by atoms with Gasteiger partial charge in [0.1, 0.15) is 0 Å². The van der Waals surface area contributed by atoms with Crippen LogP contribution >= 0.6 is 0 Å². The molecule has 0 bridgehead atoms. The Kier molecular flexibility index (Phi) is 4.49. The highest BCUT2D eigenvalue weighted by Crippen LogP contribution is 2.31. The summed E-state index contributed by atoms with van der Waals surface area (Å²) in [5, 5.41) is 2.78. The van der Waals surface area contributed by atoms with Crippen molar-refractivity contribution < 1.29 is 27.5 Å². The van der Waals surface area contributed by atoms with Crippen LogP contribution < -0.4 is 5.32 Å². The molecule has 3 rings (SSSR count). The summed E-state index contributed by atoms with van der Waals surface area (Å²) >= 11 is 0. The van der Waals surface area contributed by atoms with Crippen molar-refractivity contribution in [2.45, 2.75) is 45.1 Å². The van der Waals surface area contributed by atoms with Crippen molar-refractivity contribution in [3.63, 3.8) is 0 Å². The highest BCUT2D eigenvalue weighted by Gasteiger charge is 2.47. The maximum absolute atomic E-state index is 12.8. The van der Waals surface area contributed by atoms with E-state index in [9.17, 15) is 22.8 Å². The number of amides is 1. The Morgan fingerprint density at radius 1 is 1.40 bits per heavy atom. The molecule has 0 aliphatic carbocycles. The molecule has 0 aromatic heterocycles. The molecule has 0 spiro atoms. The van der Waals surface area contributed by atoms with Gasteiger partial charge in [0, 0.05) is 18.7 Å². The average molecular weight is 356 g/mol. The Bertz CT molecular complexity index is 718. The van der Waals surface area contributed by atoms with Crippen LogP contribution in [0.3, 0.4) is 0 Å². The smallest absolute Gasteiger partial charge is 0.438 e. The molecule has 8 heteroatoms. The van der Waals surface area contributed by atoms with Gasteiger partial charge in [-0.05, 0) is 36.5 Å². The molecule has 1 aromatic carbocycles. The highest BCUT2D eigenvalue weighted by atomic mass is 19.4. The van der Waals surface area contributed by atoms with Gasteiger partial charge < -0.3 is 9.64 Å². The molecule has 5 nitrogen and oxygen atoms in total. The third-order valence-corrected chi connectivity index (χ3v) is 4.70. The number of hydrogen-bond donors (Lipinski definition) is 1. The fourth-order valence-corrected chi connectivity index (χ4v) is 3.55. The first-order valence-corrected chi connectivity index (χ1v) is 8.17. The Hall–Kier alpha value is -2.09. The van der Waals surface area contributed by atoms with E-state index in [0.29, 0.717) is 18.5 Å². The van der Waals surface area contributed by atoms with Crippen molar-refractivity contribution in [2.75, 3.05) is 13.1 Å². The van der Waals surface area contributed by atoms with Crippen LogP contribution in [0.25, 0.3) is 0 Å². The first kappa shape index (κ1) is 17.7. The quantitative estimate of drug-likeness (QED) is 0.823. The molecule has 2 aliphatic heterocycles. The topological polar surface area (TPSA) is 58.6 Å². The molecule has 1 amide bonds.